The fourth-order valence-corrected chi connectivity index (χ4v) is 3.62. The third-order valence-corrected chi connectivity index (χ3v) is 5.38. The first kappa shape index (κ1) is 20.8. The van der Waals surface area contributed by atoms with Crippen LogP contribution in [-0.2, 0) is 4.79 Å². The fourth-order valence-electron chi connectivity index (χ4n) is 2.88. The van der Waals surface area contributed by atoms with Gasteiger partial charge in [0.2, 0.25) is 0 Å². The zero-order valence-corrected chi connectivity index (χ0v) is 16.4. The molecule has 0 bridgehead atoms. The topological polar surface area (TPSA) is 90.7 Å². The number of nitrogens with one attached hydrogen (secondary N) is 1. The lowest BCUT2D eigenvalue weighted by Crippen LogP contribution is -2.39. The lowest BCUT2D eigenvalue weighted by molar-refractivity contribution is -0.139. The molecule has 2 aromatic heterocycles. The molecular formula is C19H21F2N5O2S. The highest BCUT2D eigenvalue weighted by Gasteiger charge is 2.34. The van der Waals surface area contributed by atoms with E-state index in [9.17, 15) is 13.6 Å². The zero-order valence-electron chi connectivity index (χ0n) is 15.6. The van der Waals surface area contributed by atoms with Gasteiger partial charge >= 0.3 is 5.97 Å². The van der Waals surface area contributed by atoms with Gasteiger partial charge in [-0.15, -0.1) is 0 Å². The van der Waals surface area contributed by atoms with Gasteiger partial charge in [0.25, 0.3) is 5.92 Å². The number of rotatable bonds is 8. The summed E-state index contributed by atoms with van der Waals surface area (Å²) >= 11 is 1.34. The molecule has 2 aromatic rings. The van der Waals surface area contributed by atoms with Crippen LogP contribution in [0, 0.1) is 5.92 Å². The Bertz CT molecular complexity index is 892. The van der Waals surface area contributed by atoms with Crippen LogP contribution in [0.15, 0.2) is 35.6 Å². The summed E-state index contributed by atoms with van der Waals surface area (Å²) in [6.07, 6.45) is 6.18. The molecule has 154 valence electrons. The van der Waals surface area contributed by atoms with Gasteiger partial charge in [-0.1, -0.05) is 17.4 Å². The van der Waals surface area contributed by atoms with Gasteiger partial charge in [-0.25, -0.2) is 18.7 Å². The minimum atomic E-state index is -2.59. The Labute approximate surface area is 170 Å². The minimum Gasteiger partial charge on any atom is -0.481 e. The van der Waals surface area contributed by atoms with Crippen LogP contribution in [0.3, 0.4) is 0 Å². The number of halogens is 2. The van der Waals surface area contributed by atoms with Crippen LogP contribution in [0.4, 0.5) is 25.4 Å². The Morgan fingerprint density at radius 3 is 2.90 bits per heavy atom. The maximum atomic E-state index is 13.4. The maximum Gasteiger partial charge on any atom is 0.312 e. The minimum absolute atomic E-state index is 0.106. The molecule has 2 N–H and O–H groups in total. The second-order valence-corrected chi connectivity index (χ2v) is 7.71. The van der Waals surface area contributed by atoms with E-state index >= 15 is 0 Å². The molecular weight excluding hydrogens is 400 g/mol. The quantitative estimate of drug-likeness (QED) is 0.628. The number of hydrogen-bond acceptors (Lipinski definition) is 7. The van der Waals surface area contributed by atoms with Crippen LogP contribution in [0.25, 0.3) is 6.08 Å². The Kier molecular flexibility index (Phi) is 6.53. The first-order valence-electron chi connectivity index (χ1n) is 9.01. The summed E-state index contributed by atoms with van der Waals surface area (Å²) < 4.78 is 26.7. The van der Waals surface area contributed by atoms with E-state index in [1.165, 1.54) is 11.3 Å². The van der Waals surface area contributed by atoms with E-state index in [1.54, 1.807) is 36.7 Å². The highest BCUT2D eigenvalue weighted by atomic mass is 32.1. The van der Waals surface area contributed by atoms with Gasteiger partial charge in [-0.2, -0.15) is 0 Å². The summed E-state index contributed by atoms with van der Waals surface area (Å²) in [7, 11) is 0. The van der Waals surface area contributed by atoms with Crippen molar-refractivity contribution in [1.82, 2.24) is 9.97 Å². The van der Waals surface area contributed by atoms with Crippen molar-refractivity contribution in [1.29, 1.82) is 0 Å². The maximum absolute atomic E-state index is 13.4. The summed E-state index contributed by atoms with van der Waals surface area (Å²) in [5.74, 6) is -3.73. The number of thiazole rings is 1. The smallest absolute Gasteiger partial charge is 0.312 e. The van der Waals surface area contributed by atoms with Crippen molar-refractivity contribution in [3.8, 4) is 0 Å². The molecule has 0 aromatic carbocycles. The van der Waals surface area contributed by atoms with Gasteiger partial charge in [0.1, 0.15) is 5.82 Å². The molecule has 1 saturated heterocycles. The third-order valence-electron chi connectivity index (χ3n) is 4.50. The summed E-state index contributed by atoms with van der Waals surface area (Å²) in [5.41, 5.74) is 0.830. The molecule has 0 aliphatic carbocycles. The Hall–Kier alpha value is -2.88. The number of carboxylic acid groups (broad SMARTS) is 1. The standard InChI is InChI=1S/C19H21F2N5O2S/c1-22-11-13(17(27)28)2-3-15-12-24-18(29-15)25-16-10-14(4-7-23-16)26-8-5-19(20,21)6-9-26/h2-4,7,10,12-13H,1,5-6,8-9,11H2,(H,27,28)(H,23,24,25)/b3-2+. The van der Waals surface area contributed by atoms with Crippen molar-refractivity contribution in [3.63, 3.8) is 0 Å². The number of alkyl halides is 2. The summed E-state index contributed by atoms with van der Waals surface area (Å²) in [6.45, 7) is 4.03. The van der Waals surface area contributed by atoms with E-state index in [1.807, 2.05) is 4.90 Å². The van der Waals surface area contributed by atoms with Gasteiger partial charge in [-0.05, 0) is 18.9 Å². The van der Waals surface area contributed by atoms with E-state index in [0.29, 0.717) is 24.0 Å². The predicted octanol–water partition coefficient (Wildman–Crippen LogP) is 3.93. The van der Waals surface area contributed by atoms with Crippen LogP contribution >= 0.6 is 11.3 Å². The molecule has 1 aliphatic heterocycles. The fraction of sp³-hybridized carbons (Fsp3) is 0.368. The van der Waals surface area contributed by atoms with Crippen LogP contribution in [0.2, 0.25) is 0 Å². The number of aromatic nitrogens is 2. The van der Waals surface area contributed by atoms with Crippen molar-refractivity contribution in [2.75, 3.05) is 29.9 Å². The number of anilines is 3. The van der Waals surface area contributed by atoms with Gasteiger partial charge in [0.05, 0.1) is 12.5 Å². The second kappa shape index (κ2) is 9.08. The van der Waals surface area contributed by atoms with Crippen molar-refractivity contribution in [2.45, 2.75) is 18.8 Å². The van der Waals surface area contributed by atoms with Gasteiger partial charge < -0.3 is 15.3 Å². The van der Waals surface area contributed by atoms with Crippen LogP contribution in [-0.4, -0.2) is 53.3 Å². The highest BCUT2D eigenvalue weighted by molar-refractivity contribution is 7.16. The first-order valence-corrected chi connectivity index (χ1v) is 9.83. The summed E-state index contributed by atoms with van der Waals surface area (Å²) in [4.78, 5) is 26.0. The molecule has 1 unspecified atom stereocenters. The summed E-state index contributed by atoms with van der Waals surface area (Å²) in [6, 6.07) is 3.60. The van der Waals surface area contributed by atoms with Gasteiger partial charge in [-0.3, -0.25) is 9.79 Å². The number of aliphatic imine (C=N–C) groups is 1. The van der Waals surface area contributed by atoms with E-state index in [0.717, 1.165) is 10.6 Å². The number of nitrogens with zero attached hydrogens (tertiary/aromatic N) is 4. The molecule has 7 nitrogen and oxygen atoms in total. The molecule has 3 rings (SSSR count). The molecule has 1 atom stereocenters. The monoisotopic (exact) mass is 421 g/mol. The number of pyridine rings is 1. The average Bonchev–Trinajstić information content (AvgIpc) is 3.12. The van der Waals surface area contributed by atoms with Crippen LogP contribution in [0.1, 0.15) is 17.7 Å². The summed E-state index contributed by atoms with van der Waals surface area (Å²) in [5, 5.41) is 12.8. The number of carboxylic acids is 1. The molecule has 0 saturated carbocycles. The number of piperidine rings is 1. The highest BCUT2D eigenvalue weighted by Crippen LogP contribution is 2.31. The number of hydrogen-bond donors (Lipinski definition) is 2. The van der Waals surface area contributed by atoms with E-state index in [2.05, 4.69) is 27.0 Å². The Balaban J connectivity index is 1.64. The molecule has 3 heterocycles. The zero-order chi connectivity index (χ0) is 20.9. The van der Waals surface area contributed by atoms with Crippen molar-refractivity contribution in [3.05, 3.63) is 35.5 Å². The van der Waals surface area contributed by atoms with Crippen molar-refractivity contribution < 1.29 is 18.7 Å². The average molecular weight is 421 g/mol. The van der Waals surface area contributed by atoms with E-state index in [-0.39, 0.29) is 19.4 Å². The molecule has 0 spiro atoms. The molecule has 0 radical (unpaired) electrons. The van der Waals surface area contributed by atoms with Crippen molar-refractivity contribution >= 4 is 46.7 Å². The van der Waals surface area contributed by atoms with Gasteiger partial charge in [0.15, 0.2) is 5.13 Å². The molecule has 1 aliphatic rings. The van der Waals surface area contributed by atoms with Crippen LogP contribution < -0.4 is 10.2 Å². The molecule has 1 fully saturated rings. The largest absolute Gasteiger partial charge is 0.481 e. The lowest BCUT2D eigenvalue weighted by Gasteiger charge is -2.33. The van der Waals surface area contributed by atoms with E-state index < -0.39 is 17.8 Å². The van der Waals surface area contributed by atoms with Crippen molar-refractivity contribution in [2.24, 2.45) is 10.9 Å². The van der Waals surface area contributed by atoms with Crippen LogP contribution in [0.5, 0.6) is 0 Å². The first-order chi connectivity index (χ1) is 13.9. The normalized spacial score (nSPS) is 17.2. The SMILES string of the molecule is C=NCC(/C=C/c1cnc(Nc2cc(N3CCC(F)(F)CC3)ccn2)s1)C(=O)O. The van der Waals surface area contributed by atoms with E-state index in [4.69, 9.17) is 5.11 Å². The molecule has 10 heteroatoms. The molecule has 0 amide bonds. The molecule has 29 heavy (non-hydrogen) atoms. The Morgan fingerprint density at radius 1 is 1.45 bits per heavy atom. The number of aliphatic carboxylic acids is 1. The lowest BCUT2D eigenvalue weighted by atomic mass is 10.1. The number of carbonyl (C=O) groups is 1. The van der Waals surface area contributed by atoms with Gasteiger partial charge in [0, 0.05) is 55.0 Å². The second-order valence-electron chi connectivity index (χ2n) is 6.65. The predicted molar refractivity (Wildman–Crippen MR) is 111 cm³/mol. The Morgan fingerprint density at radius 2 is 2.21 bits per heavy atom. The third kappa shape index (κ3) is 5.80.